The number of nitrogens with zero attached hydrogens (tertiary/aromatic N) is 1. The Bertz CT molecular complexity index is 704. The van der Waals surface area contributed by atoms with Crippen molar-refractivity contribution in [3.63, 3.8) is 0 Å². The number of benzene rings is 1. The van der Waals surface area contributed by atoms with E-state index in [0.29, 0.717) is 5.56 Å². The van der Waals surface area contributed by atoms with Crippen molar-refractivity contribution in [2.45, 2.75) is 13.0 Å². The largest absolute Gasteiger partial charge is 0.352 e. The van der Waals surface area contributed by atoms with E-state index in [-0.39, 0.29) is 30.1 Å². The molecule has 2 N–H and O–H groups in total. The lowest BCUT2D eigenvalue weighted by atomic mass is 10.1. The minimum Gasteiger partial charge on any atom is -0.352 e. The Labute approximate surface area is 119 Å². The Balaban J connectivity index is 1.97. The number of aromatic nitrogens is 1. The molecule has 7 nitrogen and oxygen atoms in total. The fourth-order valence-electron chi connectivity index (χ4n) is 1.83. The van der Waals surface area contributed by atoms with Crippen LogP contribution in [0.3, 0.4) is 0 Å². The normalized spacial score (nSPS) is 10.1. The molecule has 0 spiro atoms. The number of pyridine rings is 1. The highest BCUT2D eigenvalue weighted by atomic mass is 16.6. The van der Waals surface area contributed by atoms with E-state index in [2.05, 4.69) is 10.3 Å². The second kappa shape index (κ2) is 6.47. The van der Waals surface area contributed by atoms with Gasteiger partial charge >= 0.3 is 0 Å². The second-order valence-corrected chi connectivity index (χ2v) is 4.40. The summed E-state index contributed by atoms with van der Waals surface area (Å²) in [5, 5.41) is 13.5. The number of nitro benzene ring substituents is 1. The maximum atomic E-state index is 11.8. The van der Waals surface area contributed by atoms with E-state index < -0.39 is 4.92 Å². The van der Waals surface area contributed by atoms with E-state index in [1.54, 1.807) is 24.3 Å². The van der Waals surface area contributed by atoms with Crippen molar-refractivity contribution in [3.05, 3.63) is 74.2 Å². The lowest BCUT2D eigenvalue weighted by Crippen LogP contribution is -2.25. The van der Waals surface area contributed by atoms with Gasteiger partial charge in [-0.1, -0.05) is 24.3 Å². The molecule has 0 bridgehead atoms. The van der Waals surface area contributed by atoms with Crippen LogP contribution in [0.2, 0.25) is 0 Å². The Hall–Kier alpha value is -2.96. The lowest BCUT2D eigenvalue weighted by Gasteiger charge is -2.05. The maximum absolute atomic E-state index is 11.8. The summed E-state index contributed by atoms with van der Waals surface area (Å²) in [5.74, 6) is -0.324. The summed E-state index contributed by atoms with van der Waals surface area (Å²) in [6.07, 6.45) is 1.44. The zero-order valence-corrected chi connectivity index (χ0v) is 11.0. The molecule has 0 fully saturated rings. The molecular weight excluding hydrogens is 274 g/mol. The topological polar surface area (TPSA) is 105 Å². The van der Waals surface area contributed by atoms with Gasteiger partial charge in [-0.2, -0.15) is 0 Å². The van der Waals surface area contributed by atoms with Crippen LogP contribution in [-0.4, -0.2) is 15.8 Å². The molecule has 0 aliphatic rings. The van der Waals surface area contributed by atoms with Gasteiger partial charge in [0, 0.05) is 30.4 Å². The summed E-state index contributed by atoms with van der Waals surface area (Å²) in [5.41, 5.74) is 0.814. The number of para-hydroxylation sites is 1. The van der Waals surface area contributed by atoms with Crippen molar-refractivity contribution in [1.82, 2.24) is 10.3 Å². The summed E-state index contributed by atoms with van der Waals surface area (Å²) >= 11 is 0. The van der Waals surface area contributed by atoms with E-state index in [0.717, 1.165) is 5.56 Å². The average molecular weight is 287 g/mol. The number of nitrogens with one attached hydrogen (secondary N) is 2. The SMILES string of the molecule is O=C(Cc1ccccc1[N+](=O)[O-])NCc1ccc(=O)[nH]c1. The summed E-state index contributed by atoms with van der Waals surface area (Å²) in [7, 11) is 0. The molecule has 0 aliphatic carbocycles. The van der Waals surface area contributed by atoms with Crippen LogP contribution in [-0.2, 0) is 17.8 Å². The first-order valence-corrected chi connectivity index (χ1v) is 6.23. The number of aromatic amines is 1. The molecule has 0 aliphatic heterocycles. The minimum absolute atomic E-state index is 0.0689. The van der Waals surface area contributed by atoms with Crippen LogP contribution in [0.1, 0.15) is 11.1 Å². The number of H-pyrrole nitrogens is 1. The van der Waals surface area contributed by atoms with Crippen molar-refractivity contribution in [3.8, 4) is 0 Å². The Kier molecular flexibility index (Phi) is 4.45. The molecule has 0 radical (unpaired) electrons. The van der Waals surface area contributed by atoms with Gasteiger partial charge in [-0.25, -0.2) is 0 Å². The summed E-state index contributed by atoms with van der Waals surface area (Å²) in [6, 6.07) is 9.09. The monoisotopic (exact) mass is 287 g/mol. The van der Waals surface area contributed by atoms with Gasteiger partial charge in [0.25, 0.3) is 5.69 Å². The average Bonchev–Trinajstić information content (AvgIpc) is 2.47. The van der Waals surface area contributed by atoms with Crippen LogP contribution in [0.15, 0.2) is 47.4 Å². The molecule has 0 atom stereocenters. The molecule has 1 aromatic carbocycles. The molecule has 0 saturated heterocycles. The third-order valence-corrected chi connectivity index (χ3v) is 2.88. The number of hydrogen-bond acceptors (Lipinski definition) is 4. The number of hydrogen-bond donors (Lipinski definition) is 2. The molecule has 7 heteroatoms. The zero-order valence-electron chi connectivity index (χ0n) is 11.0. The van der Waals surface area contributed by atoms with Crippen LogP contribution >= 0.6 is 0 Å². The molecule has 1 aromatic heterocycles. The Morgan fingerprint density at radius 2 is 2.00 bits per heavy atom. The van der Waals surface area contributed by atoms with Crippen LogP contribution in [0.25, 0.3) is 0 Å². The first-order valence-electron chi connectivity index (χ1n) is 6.23. The first-order chi connectivity index (χ1) is 10.1. The third kappa shape index (κ3) is 4.00. The predicted octanol–water partition coefficient (Wildman–Crippen LogP) is 1.14. The molecule has 108 valence electrons. The van der Waals surface area contributed by atoms with Gasteiger partial charge in [-0.05, 0) is 5.56 Å². The third-order valence-electron chi connectivity index (χ3n) is 2.88. The van der Waals surface area contributed by atoms with Crippen molar-refractivity contribution < 1.29 is 9.72 Å². The predicted molar refractivity (Wildman–Crippen MR) is 75.7 cm³/mol. The van der Waals surface area contributed by atoms with Crippen LogP contribution < -0.4 is 10.9 Å². The van der Waals surface area contributed by atoms with Gasteiger partial charge in [-0.3, -0.25) is 19.7 Å². The van der Waals surface area contributed by atoms with Gasteiger partial charge in [0.05, 0.1) is 11.3 Å². The number of nitro groups is 1. The fraction of sp³-hybridized carbons (Fsp3) is 0.143. The molecular formula is C14H13N3O4. The number of rotatable bonds is 5. The molecule has 0 unspecified atom stereocenters. The highest BCUT2D eigenvalue weighted by Crippen LogP contribution is 2.17. The quantitative estimate of drug-likeness (QED) is 0.635. The first kappa shape index (κ1) is 14.4. The van der Waals surface area contributed by atoms with Crippen LogP contribution in [0.5, 0.6) is 0 Å². The molecule has 2 aromatic rings. The van der Waals surface area contributed by atoms with Gasteiger partial charge in [0.15, 0.2) is 0 Å². The van der Waals surface area contributed by atoms with Gasteiger partial charge in [-0.15, -0.1) is 0 Å². The van der Waals surface area contributed by atoms with Gasteiger partial charge in [0.1, 0.15) is 0 Å². The van der Waals surface area contributed by atoms with Crippen molar-refractivity contribution in [2.75, 3.05) is 0 Å². The fourth-order valence-corrected chi connectivity index (χ4v) is 1.83. The zero-order chi connectivity index (χ0) is 15.2. The van der Waals surface area contributed by atoms with Crippen molar-refractivity contribution >= 4 is 11.6 Å². The molecule has 1 heterocycles. The molecule has 1 amide bonds. The number of amides is 1. The van der Waals surface area contributed by atoms with E-state index in [1.807, 2.05) is 0 Å². The molecule has 21 heavy (non-hydrogen) atoms. The summed E-state index contributed by atoms with van der Waals surface area (Å²) in [4.78, 5) is 35.6. The van der Waals surface area contributed by atoms with Crippen LogP contribution in [0.4, 0.5) is 5.69 Å². The van der Waals surface area contributed by atoms with Crippen LogP contribution in [0, 0.1) is 10.1 Å². The van der Waals surface area contributed by atoms with Gasteiger partial charge in [0.2, 0.25) is 11.5 Å². The summed E-state index contributed by atoms with van der Waals surface area (Å²) < 4.78 is 0. The van der Waals surface area contributed by atoms with Crippen molar-refractivity contribution in [2.24, 2.45) is 0 Å². The molecule has 0 saturated carbocycles. The summed E-state index contributed by atoms with van der Waals surface area (Å²) in [6.45, 7) is 0.246. The lowest BCUT2D eigenvalue weighted by molar-refractivity contribution is -0.385. The standard InChI is InChI=1S/C14H13N3O4/c18-13-6-5-10(8-15-13)9-16-14(19)7-11-3-1-2-4-12(11)17(20)21/h1-6,8H,7,9H2,(H,15,18)(H,16,19). The number of carbonyl (C=O) groups is 1. The van der Waals surface area contributed by atoms with E-state index >= 15 is 0 Å². The minimum atomic E-state index is -0.509. The second-order valence-electron chi connectivity index (χ2n) is 4.40. The maximum Gasteiger partial charge on any atom is 0.273 e. The molecule has 2 rings (SSSR count). The van der Waals surface area contributed by atoms with Crippen molar-refractivity contribution in [1.29, 1.82) is 0 Å². The van der Waals surface area contributed by atoms with Gasteiger partial charge < -0.3 is 10.3 Å². The van der Waals surface area contributed by atoms with E-state index in [4.69, 9.17) is 0 Å². The Morgan fingerprint density at radius 1 is 1.24 bits per heavy atom. The Morgan fingerprint density at radius 3 is 2.67 bits per heavy atom. The number of carbonyl (C=O) groups excluding carboxylic acids is 1. The smallest absolute Gasteiger partial charge is 0.273 e. The highest BCUT2D eigenvalue weighted by molar-refractivity contribution is 5.79. The van der Waals surface area contributed by atoms with E-state index in [9.17, 15) is 19.7 Å². The van der Waals surface area contributed by atoms with E-state index in [1.165, 1.54) is 18.3 Å². The highest BCUT2D eigenvalue weighted by Gasteiger charge is 2.15.